The van der Waals surface area contributed by atoms with Gasteiger partial charge in [0.25, 0.3) is 6.43 Å². The van der Waals surface area contributed by atoms with Crippen molar-refractivity contribution in [3.63, 3.8) is 0 Å². The summed E-state index contributed by atoms with van der Waals surface area (Å²) in [5.41, 5.74) is 0. The van der Waals surface area contributed by atoms with Crippen molar-refractivity contribution in [3.05, 3.63) is 0 Å². The fraction of sp³-hybridized carbons (Fsp3) is 1.00. The molecule has 0 spiro atoms. The molecule has 0 radical (unpaired) electrons. The van der Waals surface area contributed by atoms with Gasteiger partial charge in [-0.2, -0.15) is 0 Å². The maximum atomic E-state index is 12.9. The molecule has 2 aliphatic heterocycles. The van der Waals surface area contributed by atoms with Crippen LogP contribution in [0.5, 0.6) is 0 Å². The molecule has 4 heteroatoms. The van der Waals surface area contributed by atoms with E-state index in [2.05, 4.69) is 10.2 Å². The van der Waals surface area contributed by atoms with Gasteiger partial charge in [-0.15, -0.1) is 0 Å². The van der Waals surface area contributed by atoms with Gasteiger partial charge in [0, 0.05) is 6.04 Å². The summed E-state index contributed by atoms with van der Waals surface area (Å²) >= 11 is 0. The largest absolute Gasteiger partial charge is 0.317 e. The van der Waals surface area contributed by atoms with Crippen LogP contribution < -0.4 is 5.32 Å². The van der Waals surface area contributed by atoms with Crippen molar-refractivity contribution in [3.8, 4) is 0 Å². The standard InChI is InChI=1S/C11H20F2N2/c12-11(13)10-3-1-2-8-15(10)9-4-6-14-7-5-9/h9-11,14H,1-8H2. The number of rotatable bonds is 2. The van der Waals surface area contributed by atoms with E-state index in [9.17, 15) is 8.78 Å². The SMILES string of the molecule is FC(F)C1CCCCN1C1CCNCC1. The average Bonchev–Trinajstić information content (AvgIpc) is 2.30. The molecule has 88 valence electrons. The fourth-order valence-corrected chi connectivity index (χ4v) is 2.84. The van der Waals surface area contributed by atoms with E-state index in [0.29, 0.717) is 12.5 Å². The highest BCUT2D eigenvalue weighted by atomic mass is 19.3. The van der Waals surface area contributed by atoms with Crippen molar-refractivity contribution in [1.29, 1.82) is 0 Å². The van der Waals surface area contributed by atoms with E-state index in [-0.39, 0.29) is 0 Å². The van der Waals surface area contributed by atoms with Gasteiger partial charge in [0.2, 0.25) is 0 Å². The fourth-order valence-electron chi connectivity index (χ4n) is 2.84. The maximum absolute atomic E-state index is 12.9. The predicted molar refractivity (Wildman–Crippen MR) is 56.2 cm³/mol. The van der Waals surface area contributed by atoms with Crippen LogP contribution in [0.3, 0.4) is 0 Å². The van der Waals surface area contributed by atoms with Gasteiger partial charge in [-0.05, 0) is 45.3 Å². The molecule has 2 rings (SSSR count). The third kappa shape index (κ3) is 2.67. The first-order chi connectivity index (χ1) is 7.29. The summed E-state index contributed by atoms with van der Waals surface area (Å²) in [4.78, 5) is 2.08. The van der Waals surface area contributed by atoms with Crippen molar-refractivity contribution < 1.29 is 8.78 Å². The van der Waals surface area contributed by atoms with Crippen molar-refractivity contribution in [2.45, 2.75) is 50.6 Å². The van der Waals surface area contributed by atoms with Crippen molar-refractivity contribution in [1.82, 2.24) is 10.2 Å². The highest BCUT2D eigenvalue weighted by Gasteiger charge is 2.34. The summed E-state index contributed by atoms with van der Waals surface area (Å²) in [5, 5.41) is 3.28. The second kappa shape index (κ2) is 5.21. The maximum Gasteiger partial charge on any atom is 0.253 e. The average molecular weight is 218 g/mol. The van der Waals surface area contributed by atoms with E-state index in [1.807, 2.05) is 0 Å². The van der Waals surface area contributed by atoms with E-state index in [1.165, 1.54) is 0 Å². The molecule has 0 aromatic heterocycles. The van der Waals surface area contributed by atoms with E-state index in [4.69, 9.17) is 0 Å². The van der Waals surface area contributed by atoms with Crippen LogP contribution in [0.15, 0.2) is 0 Å². The van der Waals surface area contributed by atoms with Gasteiger partial charge in [-0.1, -0.05) is 6.42 Å². The van der Waals surface area contributed by atoms with Crippen LogP contribution in [0.1, 0.15) is 32.1 Å². The Hall–Kier alpha value is -0.220. The molecule has 0 saturated carbocycles. The highest BCUT2D eigenvalue weighted by molar-refractivity contribution is 4.86. The molecule has 2 saturated heterocycles. The van der Waals surface area contributed by atoms with Gasteiger partial charge >= 0.3 is 0 Å². The first kappa shape index (κ1) is 11.3. The van der Waals surface area contributed by atoms with Crippen LogP contribution in [0, 0.1) is 0 Å². The number of hydrogen-bond acceptors (Lipinski definition) is 2. The van der Waals surface area contributed by atoms with Crippen LogP contribution in [-0.4, -0.2) is 43.0 Å². The van der Waals surface area contributed by atoms with Crippen molar-refractivity contribution in [2.75, 3.05) is 19.6 Å². The Kier molecular flexibility index (Phi) is 3.92. The van der Waals surface area contributed by atoms with Crippen LogP contribution in [0.4, 0.5) is 8.78 Å². The Morgan fingerprint density at radius 2 is 1.80 bits per heavy atom. The summed E-state index contributed by atoms with van der Waals surface area (Å²) in [6, 6.07) is -0.0765. The zero-order chi connectivity index (χ0) is 10.7. The van der Waals surface area contributed by atoms with E-state index in [0.717, 1.165) is 45.3 Å². The smallest absolute Gasteiger partial charge is 0.253 e. The molecule has 2 aliphatic rings. The zero-order valence-corrected chi connectivity index (χ0v) is 9.09. The molecule has 15 heavy (non-hydrogen) atoms. The third-order valence-corrected chi connectivity index (χ3v) is 3.66. The minimum atomic E-state index is -2.17. The lowest BCUT2D eigenvalue weighted by Crippen LogP contribution is -2.52. The number of halogens is 2. The van der Waals surface area contributed by atoms with Crippen LogP contribution in [-0.2, 0) is 0 Å². The van der Waals surface area contributed by atoms with E-state index in [1.54, 1.807) is 0 Å². The van der Waals surface area contributed by atoms with Crippen LogP contribution >= 0.6 is 0 Å². The topological polar surface area (TPSA) is 15.3 Å². The molecule has 0 bridgehead atoms. The van der Waals surface area contributed by atoms with Gasteiger partial charge in [0.15, 0.2) is 0 Å². The summed E-state index contributed by atoms with van der Waals surface area (Å²) < 4.78 is 25.7. The van der Waals surface area contributed by atoms with Crippen LogP contribution in [0.2, 0.25) is 0 Å². The van der Waals surface area contributed by atoms with E-state index < -0.39 is 12.5 Å². The monoisotopic (exact) mass is 218 g/mol. The summed E-state index contributed by atoms with van der Waals surface area (Å²) in [6.45, 7) is 2.84. The lowest BCUT2D eigenvalue weighted by atomic mass is 9.96. The Labute approximate surface area is 90.0 Å². The van der Waals surface area contributed by atoms with Gasteiger partial charge in [-0.3, -0.25) is 4.90 Å². The predicted octanol–water partition coefficient (Wildman–Crippen LogP) is 1.86. The second-order valence-electron chi connectivity index (χ2n) is 4.62. The number of hydrogen-bond donors (Lipinski definition) is 1. The quantitative estimate of drug-likeness (QED) is 0.761. The Balaban J connectivity index is 1.96. The number of nitrogens with zero attached hydrogens (tertiary/aromatic N) is 1. The number of likely N-dealkylation sites (tertiary alicyclic amines) is 1. The molecule has 1 unspecified atom stereocenters. The summed E-state index contributed by atoms with van der Waals surface area (Å²) in [7, 11) is 0. The molecular weight excluding hydrogens is 198 g/mol. The Morgan fingerprint density at radius 1 is 1.07 bits per heavy atom. The molecule has 0 aliphatic carbocycles. The minimum Gasteiger partial charge on any atom is -0.317 e. The molecule has 1 N–H and O–H groups in total. The number of alkyl halides is 2. The summed E-state index contributed by atoms with van der Waals surface area (Å²) in [6.07, 6.45) is 2.64. The number of piperidine rings is 2. The molecule has 0 aromatic carbocycles. The van der Waals surface area contributed by atoms with Crippen LogP contribution in [0.25, 0.3) is 0 Å². The molecule has 2 fully saturated rings. The molecule has 1 atom stereocenters. The third-order valence-electron chi connectivity index (χ3n) is 3.66. The van der Waals surface area contributed by atoms with Gasteiger partial charge in [-0.25, -0.2) is 8.78 Å². The molecule has 0 amide bonds. The lowest BCUT2D eigenvalue weighted by molar-refractivity contribution is -0.0242. The first-order valence-corrected chi connectivity index (χ1v) is 6.03. The Bertz CT molecular complexity index is 193. The van der Waals surface area contributed by atoms with Gasteiger partial charge in [0.05, 0.1) is 6.04 Å². The molecule has 0 aromatic rings. The van der Waals surface area contributed by atoms with Crippen molar-refractivity contribution in [2.24, 2.45) is 0 Å². The highest BCUT2D eigenvalue weighted by Crippen LogP contribution is 2.27. The zero-order valence-electron chi connectivity index (χ0n) is 9.09. The second-order valence-corrected chi connectivity index (χ2v) is 4.62. The minimum absolute atomic E-state index is 0.394. The molecule has 2 heterocycles. The van der Waals surface area contributed by atoms with Gasteiger partial charge in [0.1, 0.15) is 0 Å². The molecular formula is C11H20F2N2. The number of nitrogens with one attached hydrogen (secondary N) is 1. The first-order valence-electron chi connectivity index (χ1n) is 6.03. The normalized spacial score (nSPS) is 31.0. The van der Waals surface area contributed by atoms with Crippen molar-refractivity contribution >= 4 is 0 Å². The molecule has 2 nitrogen and oxygen atoms in total. The Morgan fingerprint density at radius 3 is 2.47 bits per heavy atom. The summed E-state index contributed by atoms with van der Waals surface area (Å²) in [5.74, 6) is 0. The lowest BCUT2D eigenvalue weighted by Gasteiger charge is -2.42. The van der Waals surface area contributed by atoms with Gasteiger partial charge < -0.3 is 5.32 Å². The van der Waals surface area contributed by atoms with E-state index >= 15 is 0 Å².